The van der Waals surface area contributed by atoms with Gasteiger partial charge in [0.25, 0.3) is 0 Å². The minimum absolute atomic E-state index is 0.127. The first kappa shape index (κ1) is 11.9. The van der Waals surface area contributed by atoms with E-state index in [1.165, 1.54) is 30.0 Å². The summed E-state index contributed by atoms with van der Waals surface area (Å²) in [6.07, 6.45) is 2.74. The van der Waals surface area contributed by atoms with E-state index in [2.05, 4.69) is 4.98 Å². The first-order valence-corrected chi connectivity index (χ1v) is 5.91. The molecule has 1 heterocycles. The molecule has 2 rings (SSSR count). The van der Waals surface area contributed by atoms with Gasteiger partial charge in [-0.15, -0.1) is 11.8 Å². The van der Waals surface area contributed by atoms with Crippen molar-refractivity contribution < 1.29 is 8.78 Å². The Hall–Kier alpha value is -1.62. The smallest absolute Gasteiger partial charge is 0.147 e. The van der Waals surface area contributed by atoms with Crippen molar-refractivity contribution in [2.75, 3.05) is 5.73 Å². The summed E-state index contributed by atoms with van der Waals surface area (Å²) in [6, 6.07) is 6.03. The summed E-state index contributed by atoms with van der Waals surface area (Å²) in [7, 11) is 0. The van der Waals surface area contributed by atoms with E-state index in [4.69, 9.17) is 5.73 Å². The molecule has 2 N–H and O–H groups in total. The molecule has 0 spiro atoms. The van der Waals surface area contributed by atoms with E-state index >= 15 is 0 Å². The van der Waals surface area contributed by atoms with Gasteiger partial charge in [0, 0.05) is 16.8 Å². The van der Waals surface area contributed by atoms with Crippen LogP contribution in [0.2, 0.25) is 0 Å². The number of aromatic nitrogens is 1. The van der Waals surface area contributed by atoms with Crippen molar-refractivity contribution in [2.24, 2.45) is 0 Å². The molecule has 0 bridgehead atoms. The molecular weight excluding hydrogens is 242 g/mol. The molecule has 1 aromatic carbocycles. The molecule has 17 heavy (non-hydrogen) atoms. The number of hydrogen-bond donors (Lipinski definition) is 1. The Bertz CT molecular complexity index is 532. The van der Waals surface area contributed by atoms with Crippen LogP contribution in [0.1, 0.15) is 5.56 Å². The van der Waals surface area contributed by atoms with E-state index in [9.17, 15) is 8.78 Å². The molecule has 0 atom stereocenters. The fraction of sp³-hybridized carbons (Fsp3) is 0.0833. The maximum atomic E-state index is 13.2. The van der Waals surface area contributed by atoms with Crippen molar-refractivity contribution in [3.63, 3.8) is 0 Å². The summed E-state index contributed by atoms with van der Waals surface area (Å²) in [5.74, 6) is -0.271. The van der Waals surface area contributed by atoms with Gasteiger partial charge in [-0.25, -0.2) is 8.78 Å². The van der Waals surface area contributed by atoms with Crippen LogP contribution in [0, 0.1) is 11.6 Å². The highest BCUT2D eigenvalue weighted by molar-refractivity contribution is 7.98. The van der Waals surface area contributed by atoms with Crippen LogP contribution in [0.4, 0.5) is 14.5 Å². The minimum atomic E-state index is -0.438. The number of rotatable bonds is 3. The summed E-state index contributed by atoms with van der Waals surface area (Å²) in [5.41, 5.74) is 6.26. The Morgan fingerprint density at radius 1 is 1.18 bits per heavy atom. The third-order valence-electron chi connectivity index (χ3n) is 2.14. The monoisotopic (exact) mass is 252 g/mol. The number of nitrogen functional groups attached to an aromatic ring is 1. The lowest BCUT2D eigenvalue weighted by Crippen LogP contribution is -1.90. The second-order valence-electron chi connectivity index (χ2n) is 3.48. The molecule has 0 saturated carbocycles. The van der Waals surface area contributed by atoms with Crippen LogP contribution in [0.3, 0.4) is 0 Å². The minimum Gasteiger partial charge on any atom is -0.396 e. The zero-order chi connectivity index (χ0) is 12.3. The van der Waals surface area contributed by atoms with E-state index in [1.807, 2.05) is 0 Å². The molecule has 1 aromatic heterocycles. The van der Waals surface area contributed by atoms with Gasteiger partial charge in [0.15, 0.2) is 0 Å². The number of thioether (sulfide) groups is 1. The summed E-state index contributed by atoms with van der Waals surface area (Å²) in [6.45, 7) is 0. The second-order valence-corrected chi connectivity index (χ2v) is 4.53. The molecule has 0 unspecified atom stereocenters. The van der Waals surface area contributed by atoms with E-state index in [0.29, 0.717) is 5.75 Å². The van der Waals surface area contributed by atoms with Crippen molar-refractivity contribution in [3.05, 3.63) is 53.9 Å². The molecule has 0 fully saturated rings. The van der Waals surface area contributed by atoms with Gasteiger partial charge in [-0.1, -0.05) is 0 Å². The quantitative estimate of drug-likeness (QED) is 0.673. The zero-order valence-electron chi connectivity index (χ0n) is 8.86. The van der Waals surface area contributed by atoms with Crippen molar-refractivity contribution in [1.82, 2.24) is 4.98 Å². The standard InChI is InChI=1S/C12H10F2N2S/c13-9-3-8(5-16-6-9)7-17-10-1-2-12(15)11(14)4-10/h1-6H,7,15H2. The second kappa shape index (κ2) is 5.14. The average Bonchev–Trinajstić information content (AvgIpc) is 2.31. The molecule has 0 amide bonds. The number of hydrogen-bond acceptors (Lipinski definition) is 3. The van der Waals surface area contributed by atoms with Crippen LogP contribution in [-0.4, -0.2) is 4.98 Å². The lowest BCUT2D eigenvalue weighted by Gasteiger charge is -2.03. The molecule has 0 aliphatic carbocycles. The van der Waals surface area contributed by atoms with Crippen LogP contribution >= 0.6 is 11.8 Å². The molecule has 0 saturated heterocycles. The van der Waals surface area contributed by atoms with Crippen molar-refractivity contribution in [2.45, 2.75) is 10.6 Å². The highest BCUT2D eigenvalue weighted by Gasteiger charge is 2.02. The summed E-state index contributed by atoms with van der Waals surface area (Å²) >= 11 is 1.40. The highest BCUT2D eigenvalue weighted by Crippen LogP contribution is 2.25. The Morgan fingerprint density at radius 2 is 2.00 bits per heavy atom. The summed E-state index contributed by atoms with van der Waals surface area (Å²) in [5, 5.41) is 0. The van der Waals surface area contributed by atoms with Gasteiger partial charge in [-0.05, 0) is 29.8 Å². The first-order chi connectivity index (χ1) is 8.15. The van der Waals surface area contributed by atoms with Crippen molar-refractivity contribution in [1.29, 1.82) is 0 Å². The number of halogens is 2. The molecule has 0 aliphatic heterocycles. The number of nitrogens with zero attached hydrogens (tertiary/aromatic N) is 1. The van der Waals surface area contributed by atoms with Crippen molar-refractivity contribution in [3.8, 4) is 0 Å². The summed E-state index contributed by atoms with van der Waals surface area (Å²) in [4.78, 5) is 4.50. The van der Waals surface area contributed by atoms with Crippen LogP contribution in [-0.2, 0) is 5.75 Å². The van der Waals surface area contributed by atoms with Gasteiger partial charge < -0.3 is 5.73 Å². The normalized spacial score (nSPS) is 10.5. The highest BCUT2D eigenvalue weighted by atomic mass is 32.2. The van der Waals surface area contributed by atoms with Crippen molar-refractivity contribution >= 4 is 17.4 Å². The van der Waals surface area contributed by atoms with E-state index in [-0.39, 0.29) is 11.5 Å². The number of nitrogens with two attached hydrogens (primary N) is 1. The SMILES string of the molecule is Nc1ccc(SCc2cncc(F)c2)cc1F. The number of benzene rings is 1. The van der Waals surface area contributed by atoms with E-state index < -0.39 is 5.82 Å². The van der Waals surface area contributed by atoms with Crippen LogP contribution < -0.4 is 5.73 Å². The maximum absolute atomic E-state index is 13.2. The topological polar surface area (TPSA) is 38.9 Å². The molecular formula is C12H10F2N2S. The first-order valence-electron chi connectivity index (χ1n) is 4.92. The van der Waals surface area contributed by atoms with Gasteiger partial charge in [0.2, 0.25) is 0 Å². The largest absolute Gasteiger partial charge is 0.396 e. The predicted molar refractivity (Wildman–Crippen MR) is 64.6 cm³/mol. The average molecular weight is 252 g/mol. The van der Waals surface area contributed by atoms with Gasteiger partial charge in [0.05, 0.1) is 11.9 Å². The maximum Gasteiger partial charge on any atom is 0.147 e. The van der Waals surface area contributed by atoms with E-state index in [1.54, 1.807) is 12.3 Å². The van der Waals surface area contributed by atoms with Crippen LogP contribution in [0.5, 0.6) is 0 Å². The molecule has 2 aromatic rings. The molecule has 0 radical (unpaired) electrons. The number of anilines is 1. The lowest BCUT2D eigenvalue weighted by atomic mass is 10.3. The van der Waals surface area contributed by atoms with Gasteiger partial charge in [-0.2, -0.15) is 0 Å². The number of pyridine rings is 1. The lowest BCUT2D eigenvalue weighted by molar-refractivity contribution is 0.619. The third kappa shape index (κ3) is 3.17. The molecule has 0 aliphatic rings. The van der Waals surface area contributed by atoms with E-state index in [0.717, 1.165) is 16.7 Å². The molecule has 5 heteroatoms. The van der Waals surface area contributed by atoms with Gasteiger partial charge >= 0.3 is 0 Å². The zero-order valence-corrected chi connectivity index (χ0v) is 9.68. The predicted octanol–water partition coefficient (Wildman–Crippen LogP) is 3.23. The Balaban J connectivity index is 2.05. The Labute approximate surface area is 102 Å². The third-order valence-corrected chi connectivity index (χ3v) is 3.20. The Kier molecular flexibility index (Phi) is 3.58. The van der Waals surface area contributed by atoms with Crippen LogP contribution in [0.15, 0.2) is 41.6 Å². The summed E-state index contributed by atoms with van der Waals surface area (Å²) < 4.78 is 26.0. The van der Waals surface area contributed by atoms with Gasteiger partial charge in [-0.3, -0.25) is 4.98 Å². The van der Waals surface area contributed by atoms with Crippen LogP contribution in [0.25, 0.3) is 0 Å². The fourth-order valence-electron chi connectivity index (χ4n) is 1.30. The van der Waals surface area contributed by atoms with Gasteiger partial charge in [0.1, 0.15) is 11.6 Å². The molecule has 2 nitrogen and oxygen atoms in total. The Morgan fingerprint density at radius 3 is 2.71 bits per heavy atom. The molecule has 88 valence electrons. The fourth-order valence-corrected chi connectivity index (χ4v) is 2.14.